The predicted octanol–water partition coefficient (Wildman–Crippen LogP) is 7.64. The molecule has 1 heterocycles. The van der Waals surface area contributed by atoms with Gasteiger partial charge in [0.1, 0.15) is 5.82 Å². The molecule has 0 radical (unpaired) electrons. The van der Waals surface area contributed by atoms with Crippen molar-refractivity contribution in [2.45, 2.75) is 43.2 Å². The van der Waals surface area contributed by atoms with Crippen molar-refractivity contribution >= 4 is 40.8 Å². The van der Waals surface area contributed by atoms with Crippen LogP contribution in [-0.4, -0.2) is 20.5 Å². The Bertz CT molecular complexity index is 1540. The van der Waals surface area contributed by atoms with Crippen molar-refractivity contribution in [3.05, 3.63) is 111 Å². The van der Waals surface area contributed by atoms with Crippen LogP contribution < -0.4 is 5.84 Å². The summed E-state index contributed by atoms with van der Waals surface area (Å²) in [4.78, 5) is 4.74. The van der Waals surface area contributed by atoms with Gasteiger partial charge in [0.25, 0.3) is 0 Å². The Morgan fingerprint density at radius 2 is 1.85 bits per heavy atom. The molecule has 1 aromatic heterocycles. The van der Waals surface area contributed by atoms with Crippen LogP contribution in [0.1, 0.15) is 54.8 Å². The monoisotopic (exact) mass is 584 g/mol. The SMILES string of the molecule is CC(O)c1ccc(C(C)(C)c2cnc(SCc3ccc(Cl)c(C(=N)N=NN)c3)n2-c2ccc(F)cc2)cc1Cl. The highest BCUT2D eigenvalue weighted by molar-refractivity contribution is 7.98. The molecule has 4 N–H and O–H groups in total. The van der Waals surface area contributed by atoms with Crippen LogP contribution in [0.4, 0.5) is 4.39 Å². The van der Waals surface area contributed by atoms with Gasteiger partial charge >= 0.3 is 0 Å². The number of nitrogens with two attached hydrogens (primary N) is 1. The van der Waals surface area contributed by atoms with Crippen LogP contribution in [-0.2, 0) is 11.2 Å². The smallest absolute Gasteiger partial charge is 0.177 e. The number of hydrogen-bond donors (Lipinski definition) is 3. The number of amidine groups is 1. The molecule has 0 amide bonds. The minimum absolute atomic E-state index is 0.133. The zero-order chi connectivity index (χ0) is 28.3. The van der Waals surface area contributed by atoms with Gasteiger partial charge in [-0.1, -0.05) is 72.2 Å². The van der Waals surface area contributed by atoms with Crippen molar-refractivity contribution in [3.63, 3.8) is 0 Å². The lowest BCUT2D eigenvalue weighted by Crippen LogP contribution is -2.23. The molecule has 4 aromatic rings. The first-order valence-electron chi connectivity index (χ1n) is 12.0. The summed E-state index contributed by atoms with van der Waals surface area (Å²) >= 11 is 14.2. The van der Waals surface area contributed by atoms with Gasteiger partial charge in [-0.15, -0.1) is 5.11 Å². The van der Waals surface area contributed by atoms with Crippen LogP contribution in [0.15, 0.2) is 82.4 Å². The summed E-state index contributed by atoms with van der Waals surface area (Å²) in [5.74, 6) is 5.15. The second-order valence-corrected chi connectivity index (χ2v) is 11.2. The molecule has 0 spiro atoms. The molecule has 0 aliphatic carbocycles. The number of thioether (sulfide) groups is 1. The Morgan fingerprint density at radius 1 is 1.13 bits per heavy atom. The minimum Gasteiger partial charge on any atom is -0.389 e. The summed E-state index contributed by atoms with van der Waals surface area (Å²) in [5, 5.41) is 26.3. The molecule has 11 heteroatoms. The third-order valence-corrected chi connectivity index (χ3v) is 8.12. The van der Waals surface area contributed by atoms with Crippen LogP contribution in [0.2, 0.25) is 10.0 Å². The number of benzene rings is 3. The van der Waals surface area contributed by atoms with Crippen LogP contribution in [0, 0.1) is 11.2 Å². The molecule has 0 aliphatic rings. The molecule has 1 unspecified atom stereocenters. The number of aliphatic hydroxyl groups excluding tert-OH is 1. The molecule has 0 aliphatic heterocycles. The lowest BCUT2D eigenvalue weighted by Gasteiger charge is -2.28. The normalized spacial score (nSPS) is 12.7. The second-order valence-electron chi connectivity index (χ2n) is 9.44. The average molecular weight is 586 g/mol. The maximum absolute atomic E-state index is 13.8. The highest BCUT2D eigenvalue weighted by Gasteiger charge is 2.30. The van der Waals surface area contributed by atoms with E-state index in [1.165, 1.54) is 23.9 Å². The van der Waals surface area contributed by atoms with E-state index in [0.717, 1.165) is 22.5 Å². The highest BCUT2D eigenvalue weighted by atomic mass is 35.5. The molecule has 0 saturated carbocycles. The van der Waals surface area contributed by atoms with Crippen molar-refractivity contribution in [1.82, 2.24) is 9.55 Å². The van der Waals surface area contributed by atoms with Gasteiger partial charge in [0.2, 0.25) is 0 Å². The van der Waals surface area contributed by atoms with E-state index in [1.807, 2.05) is 35.0 Å². The molecule has 7 nitrogen and oxygen atoms in total. The van der Waals surface area contributed by atoms with Crippen molar-refractivity contribution in [2.75, 3.05) is 0 Å². The quantitative estimate of drug-likeness (QED) is 0.0493. The zero-order valence-corrected chi connectivity index (χ0v) is 23.8. The largest absolute Gasteiger partial charge is 0.389 e. The van der Waals surface area contributed by atoms with Crippen LogP contribution in [0.25, 0.3) is 5.69 Å². The standard InChI is InChI=1S/C28H27Cl2FN6OS/c1-16(38)21-10-5-18(13-24(21)30)28(2,3)25-14-34-27(37(25)20-8-6-19(31)7-9-20)39-15-17-4-11-23(29)22(12-17)26(32)35-36-33/h4-14,16,38H,15H2,1-3H3,(H3,32,33,35). The number of rotatable bonds is 8. The first kappa shape index (κ1) is 28.8. The first-order valence-corrected chi connectivity index (χ1v) is 13.7. The third-order valence-electron chi connectivity index (χ3n) is 6.44. The molecule has 0 bridgehead atoms. The van der Waals surface area contributed by atoms with E-state index >= 15 is 0 Å². The van der Waals surface area contributed by atoms with Gasteiger partial charge in [0.05, 0.1) is 23.0 Å². The number of hydrogen-bond acceptors (Lipinski definition) is 5. The van der Waals surface area contributed by atoms with E-state index in [1.54, 1.807) is 31.2 Å². The van der Waals surface area contributed by atoms with Crippen molar-refractivity contribution in [1.29, 1.82) is 5.41 Å². The Balaban J connectivity index is 1.74. The van der Waals surface area contributed by atoms with Crippen molar-refractivity contribution in [3.8, 4) is 5.69 Å². The topological polar surface area (TPSA) is 113 Å². The number of aromatic nitrogens is 2. The number of halogens is 3. The molecule has 3 aromatic carbocycles. The molecule has 0 saturated heterocycles. The Morgan fingerprint density at radius 3 is 2.49 bits per heavy atom. The van der Waals surface area contributed by atoms with Gasteiger partial charge < -0.3 is 10.9 Å². The summed E-state index contributed by atoms with van der Waals surface area (Å²) in [6.45, 7) is 5.80. The summed E-state index contributed by atoms with van der Waals surface area (Å²) in [6, 6.07) is 17.2. The molecule has 1 atom stereocenters. The Hall–Kier alpha value is -3.24. The van der Waals surface area contributed by atoms with Crippen molar-refractivity contribution in [2.24, 2.45) is 16.2 Å². The zero-order valence-electron chi connectivity index (χ0n) is 21.5. The fraction of sp³-hybridized carbons (Fsp3) is 0.214. The number of aliphatic hydroxyl groups is 1. The number of nitrogens with zero attached hydrogens (tertiary/aromatic N) is 4. The maximum Gasteiger partial charge on any atom is 0.177 e. The summed E-state index contributed by atoms with van der Waals surface area (Å²) in [5.41, 5.74) is 4.00. The molecule has 202 valence electrons. The van der Waals surface area contributed by atoms with E-state index < -0.39 is 11.5 Å². The lowest BCUT2D eigenvalue weighted by atomic mass is 9.81. The maximum atomic E-state index is 13.8. The number of nitrogens with one attached hydrogen (secondary N) is 1. The van der Waals surface area contributed by atoms with Gasteiger partial charge in [-0.3, -0.25) is 9.98 Å². The third kappa shape index (κ3) is 6.17. The van der Waals surface area contributed by atoms with Gasteiger partial charge in [-0.25, -0.2) is 9.37 Å². The summed E-state index contributed by atoms with van der Waals surface area (Å²) in [6.07, 6.45) is 1.13. The van der Waals surface area contributed by atoms with E-state index in [4.69, 9.17) is 39.4 Å². The fourth-order valence-electron chi connectivity index (χ4n) is 4.22. The predicted molar refractivity (Wildman–Crippen MR) is 155 cm³/mol. The van der Waals surface area contributed by atoms with Gasteiger partial charge in [-0.05, 0) is 66.1 Å². The van der Waals surface area contributed by atoms with E-state index in [-0.39, 0.29) is 11.7 Å². The van der Waals surface area contributed by atoms with Crippen molar-refractivity contribution < 1.29 is 9.50 Å². The van der Waals surface area contributed by atoms with E-state index in [9.17, 15) is 9.50 Å². The Labute approximate surface area is 240 Å². The van der Waals surface area contributed by atoms with Crippen LogP contribution in [0.3, 0.4) is 0 Å². The fourth-order valence-corrected chi connectivity index (χ4v) is 5.70. The van der Waals surface area contributed by atoms with Gasteiger partial charge in [0, 0.05) is 27.4 Å². The molecule has 0 fully saturated rings. The van der Waals surface area contributed by atoms with E-state index in [0.29, 0.717) is 32.1 Å². The first-order chi connectivity index (χ1) is 18.5. The van der Waals surface area contributed by atoms with Crippen LogP contribution >= 0.6 is 35.0 Å². The lowest BCUT2D eigenvalue weighted by molar-refractivity contribution is 0.199. The average Bonchev–Trinajstić information content (AvgIpc) is 3.33. The number of imidazole rings is 1. The second kappa shape index (κ2) is 11.9. The minimum atomic E-state index is -0.683. The molecular formula is C28H27Cl2FN6OS. The Kier molecular flexibility index (Phi) is 8.76. The van der Waals surface area contributed by atoms with E-state index in [2.05, 4.69) is 24.2 Å². The summed E-state index contributed by atoms with van der Waals surface area (Å²) in [7, 11) is 0. The van der Waals surface area contributed by atoms with Crippen LogP contribution in [0.5, 0.6) is 0 Å². The van der Waals surface area contributed by atoms with Gasteiger partial charge in [-0.2, -0.15) is 0 Å². The molecule has 4 rings (SSSR count). The highest BCUT2D eigenvalue weighted by Crippen LogP contribution is 2.38. The molecule has 39 heavy (non-hydrogen) atoms. The van der Waals surface area contributed by atoms with Gasteiger partial charge in [0.15, 0.2) is 11.0 Å². The molecular weight excluding hydrogens is 558 g/mol. The summed E-state index contributed by atoms with van der Waals surface area (Å²) < 4.78 is 15.8.